The van der Waals surface area contributed by atoms with Crippen LogP contribution in [0.4, 0.5) is 11.4 Å². The maximum Gasteiger partial charge on any atom is 0.0639 e. The number of rotatable bonds is 6. The van der Waals surface area contributed by atoms with Gasteiger partial charge in [0.05, 0.1) is 11.4 Å². The Hall–Kier alpha value is -1.44. The first-order valence-corrected chi connectivity index (χ1v) is 6.85. The minimum Gasteiger partial charge on any atom is -0.381 e. The lowest BCUT2D eigenvalue weighted by molar-refractivity contribution is 0.763. The second kappa shape index (κ2) is 7.10. The molecular weight excluding hydrogens is 220 g/mol. The molecule has 0 bridgehead atoms. The van der Waals surface area contributed by atoms with Crippen molar-refractivity contribution in [3.05, 3.63) is 36.0 Å². The van der Waals surface area contributed by atoms with E-state index >= 15 is 0 Å². The molecule has 0 amide bonds. The summed E-state index contributed by atoms with van der Waals surface area (Å²) in [6.07, 6.45) is 6.49. The zero-order chi connectivity index (χ0) is 13.5. The molecule has 0 aliphatic rings. The zero-order valence-electron chi connectivity index (χ0n) is 12.3. The van der Waals surface area contributed by atoms with Crippen molar-refractivity contribution in [1.29, 1.82) is 0 Å². The maximum absolute atomic E-state index is 3.58. The van der Waals surface area contributed by atoms with Gasteiger partial charge in [0.25, 0.3) is 0 Å². The molecular formula is C16H26N2. The summed E-state index contributed by atoms with van der Waals surface area (Å²) in [5.74, 6) is 0. The minimum absolute atomic E-state index is 0.495. The van der Waals surface area contributed by atoms with Crippen LogP contribution in [0.15, 0.2) is 30.5 Å². The topological polar surface area (TPSA) is 15.3 Å². The molecule has 0 saturated heterocycles. The molecule has 0 saturated carbocycles. The van der Waals surface area contributed by atoms with Crippen LogP contribution in [0.1, 0.15) is 39.2 Å². The van der Waals surface area contributed by atoms with Crippen molar-refractivity contribution in [1.82, 2.24) is 0 Å². The monoisotopic (exact) mass is 246 g/mol. The smallest absolute Gasteiger partial charge is 0.0639 e. The first-order chi connectivity index (χ1) is 8.58. The molecule has 1 N–H and O–H groups in total. The molecule has 2 nitrogen and oxygen atoms in total. The van der Waals surface area contributed by atoms with Crippen LogP contribution in [0.3, 0.4) is 0 Å². The average molecular weight is 246 g/mol. The molecule has 1 rings (SSSR count). The van der Waals surface area contributed by atoms with Crippen molar-refractivity contribution < 1.29 is 0 Å². The van der Waals surface area contributed by atoms with E-state index in [-0.39, 0.29) is 0 Å². The number of anilines is 2. The Morgan fingerprint density at radius 3 is 2.67 bits per heavy atom. The summed E-state index contributed by atoms with van der Waals surface area (Å²) in [6.45, 7) is 8.70. The van der Waals surface area contributed by atoms with Crippen LogP contribution in [0.5, 0.6) is 0 Å². The van der Waals surface area contributed by atoms with Crippen molar-refractivity contribution in [2.24, 2.45) is 0 Å². The quantitative estimate of drug-likeness (QED) is 0.791. The summed E-state index contributed by atoms with van der Waals surface area (Å²) < 4.78 is 0. The van der Waals surface area contributed by atoms with Gasteiger partial charge in [-0.15, -0.1) is 0 Å². The number of allylic oxidation sites excluding steroid dienone is 1. The second-order valence-corrected chi connectivity index (χ2v) is 4.88. The Kier molecular flexibility index (Phi) is 5.76. The fourth-order valence-electron chi connectivity index (χ4n) is 1.78. The number of nitrogens with zero attached hydrogens (tertiary/aromatic N) is 1. The molecule has 0 spiro atoms. The molecule has 0 aromatic heterocycles. The first-order valence-electron chi connectivity index (χ1n) is 6.85. The Bertz CT molecular complexity index is 396. The standard InChI is InChI=1S/C16H26N2/c1-6-8-11-18(5)16-10-9-13(3)12-15(16)17-14(4)7-2/h8-12,14,17H,6-7H2,1-5H3/b11-8-. The van der Waals surface area contributed by atoms with Gasteiger partial charge in [0.1, 0.15) is 0 Å². The highest BCUT2D eigenvalue weighted by molar-refractivity contribution is 5.72. The third kappa shape index (κ3) is 4.10. The number of aryl methyl sites for hydroxylation is 1. The predicted octanol–water partition coefficient (Wildman–Crippen LogP) is 4.57. The van der Waals surface area contributed by atoms with Crippen LogP contribution < -0.4 is 10.2 Å². The van der Waals surface area contributed by atoms with Crippen LogP contribution in [0.25, 0.3) is 0 Å². The number of hydrogen-bond donors (Lipinski definition) is 1. The third-order valence-electron chi connectivity index (χ3n) is 3.11. The van der Waals surface area contributed by atoms with Crippen LogP contribution >= 0.6 is 0 Å². The highest BCUT2D eigenvalue weighted by atomic mass is 15.1. The molecule has 18 heavy (non-hydrogen) atoms. The molecule has 0 radical (unpaired) electrons. The van der Waals surface area contributed by atoms with E-state index < -0.39 is 0 Å². The lowest BCUT2D eigenvalue weighted by Crippen LogP contribution is -2.17. The zero-order valence-corrected chi connectivity index (χ0v) is 12.3. The lowest BCUT2D eigenvalue weighted by Gasteiger charge is -2.22. The lowest BCUT2D eigenvalue weighted by atomic mass is 10.1. The van der Waals surface area contributed by atoms with Crippen LogP contribution in [-0.4, -0.2) is 13.1 Å². The minimum atomic E-state index is 0.495. The van der Waals surface area contributed by atoms with Gasteiger partial charge in [-0.05, 0) is 50.6 Å². The van der Waals surface area contributed by atoms with E-state index in [2.05, 4.69) is 75.4 Å². The van der Waals surface area contributed by atoms with Crippen molar-refractivity contribution in [3.63, 3.8) is 0 Å². The van der Waals surface area contributed by atoms with E-state index in [0.29, 0.717) is 6.04 Å². The molecule has 1 atom stereocenters. The molecule has 1 aromatic rings. The number of benzene rings is 1. The summed E-state index contributed by atoms with van der Waals surface area (Å²) in [5.41, 5.74) is 3.73. The molecule has 0 fully saturated rings. The molecule has 0 heterocycles. The van der Waals surface area contributed by atoms with Crippen LogP contribution in [0, 0.1) is 6.92 Å². The van der Waals surface area contributed by atoms with E-state index in [4.69, 9.17) is 0 Å². The summed E-state index contributed by atoms with van der Waals surface area (Å²) in [6, 6.07) is 7.06. The van der Waals surface area contributed by atoms with Crippen molar-refractivity contribution in [2.45, 2.75) is 46.6 Å². The summed E-state index contributed by atoms with van der Waals surface area (Å²) >= 11 is 0. The van der Waals surface area contributed by atoms with Crippen molar-refractivity contribution in [3.8, 4) is 0 Å². The van der Waals surface area contributed by atoms with Crippen LogP contribution in [-0.2, 0) is 0 Å². The van der Waals surface area contributed by atoms with Gasteiger partial charge in [-0.2, -0.15) is 0 Å². The number of hydrogen-bond acceptors (Lipinski definition) is 2. The Morgan fingerprint density at radius 1 is 1.33 bits per heavy atom. The fourth-order valence-corrected chi connectivity index (χ4v) is 1.78. The summed E-state index contributed by atoms with van der Waals surface area (Å²) in [7, 11) is 2.10. The van der Waals surface area contributed by atoms with Gasteiger partial charge in [0.15, 0.2) is 0 Å². The summed E-state index contributed by atoms with van der Waals surface area (Å²) in [5, 5.41) is 3.58. The third-order valence-corrected chi connectivity index (χ3v) is 3.11. The highest BCUT2D eigenvalue weighted by Crippen LogP contribution is 2.27. The fraction of sp³-hybridized carbons (Fsp3) is 0.500. The molecule has 100 valence electrons. The molecule has 1 aromatic carbocycles. The Morgan fingerprint density at radius 2 is 2.06 bits per heavy atom. The van der Waals surface area contributed by atoms with E-state index in [0.717, 1.165) is 12.8 Å². The van der Waals surface area contributed by atoms with Gasteiger partial charge in [0.2, 0.25) is 0 Å². The van der Waals surface area contributed by atoms with Crippen molar-refractivity contribution in [2.75, 3.05) is 17.3 Å². The molecule has 0 aliphatic carbocycles. The SMILES string of the molecule is CC/C=C\N(C)c1ccc(C)cc1NC(C)CC. The Labute approximate surface area is 112 Å². The maximum atomic E-state index is 3.58. The van der Waals surface area contributed by atoms with Crippen LogP contribution in [0.2, 0.25) is 0 Å². The molecule has 0 aliphatic heterocycles. The average Bonchev–Trinajstić information content (AvgIpc) is 2.36. The van der Waals surface area contributed by atoms with E-state index in [9.17, 15) is 0 Å². The van der Waals surface area contributed by atoms with Gasteiger partial charge in [-0.3, -0.25) is 0 Å². The largest absolute Gasteiger partial charge is 0.381 e. The normalized spacial score (nSPS) is 12.7. The van der Waals surface area contributed by atoms with Gasteiger partial charge in [-0.1, -0.05) is 26.0 Å². The van der Waals surface area contributed by atoms with Gasteiger partial charge < -0.3 is 10.2 Å². The second-order valence-electron chi connectivity index (χ2n) is 4.88. The predicted molar refractivity (Wildman–Crippen MR) is 82.4 cm³/mol. The van der Waals surface area contributed by atoms with E-state index in [1.165, 1.54) is 16.9 Å². The van der Waals surface area contributed by atoms with E-state index in [1.807, 2.05) is 0 Å². The first kappa shape index (κ1) is 14.6. The summed E-state index contributed by atoms with van der Waals surface area (Å²) in [4.78, 5) is 2.17. The molecule has 2 heteroatoms. The van der Waals surface area contributed by atoms with Gasteiger partial charge in [-0.25, -0.2) is 0 Å². The van der Waals surface area contributed by atoms with E-state index in [1.54, 1.807) is 0 Å². The van der Waals surface area contributed by atoms with Gasteiger partial charge in [0, 0.05) is 13.1 Å². The highest BCUT2D eigenvalue weighted by Gasteiger charge is 2.07. The molecule has 1 unspecified atom stereocenters. The van der Waals surface area contributed by atoms with Gasteiger partial charge >= 0.3 is 0 Å². The number of nitrogens with one attached hydrogen (secondary N) is 1. The van der Waals surface area contributed by atoms with Crippen molar-refractivity contribution >= 4 is 11.4 Å². The Balaban J connectivity index is 2.98.